The zero-order valence-corrected chi connectivity index (χ0v) is 17.6. The molecule has 0 spiro atoms. The Kier molecular flexibility index (Phi) is 10.7. The van der Waals surface area contributed by atoms with Gasteiger partial charge in [-0.25, -0.2) is 4.39 Å². The third-order valence-corrected chi connectivity index (χ3v) is 4.03. The van der Waals surface area contributed by atoms with Crippen molar-refractivity contribution in [3.63, 3.8) is 0 Å². The molecule has 1 aromatic carbocycles. The second-order valence-electron chi connectivity index (χ2n) is 5.17. The largest absolute Gasteiger partial charge is 0.493 e. The van der Waals surface area contributed by atoms with Gasteiger partial charge in [-0.15, -0.1) is 0 Å². The molecule has 4 nitrogen and oxygen atoms in total. The predicted molar refractivity (Wildman–Crippen MR) is 103 cm³/mol. The van der Waals surface area contributed by atoms with Gasteiger partial charge in [-0.1, -0.05) is 32.7 Å². The van der Waals surface area contributed by atoms with Crippen molar-refractivity contribution < 1.29 is 18.7 Å². The number of hydrogen-bond acceptors (Lipinski definition) is 4. The van der Waals surface area contributed by atoms with Crippen LogP contribution in [-0.2, 0) is 4.84 Å². The fraction of sp³-hybridized carbons (Fsp3) is 0.562. The van der Waals surface area contributed by atoms with E-state index in [0.29, 0.717) is 34.2 Å². The Bertz CT molecular complexity index is 517. The van der Waals surface area contributed by atoms with Gasteiger partial charge in [0.25, 0.3) is 0 Å². The molecule has 0 N–H and O–H groups in total. The van der Waals surface area contributed by atoms with Gasteiger partial charge in [0.15, 0.2) is 10.8 Å². The zero-order chi connectivity index (χ0) is 17.9. The second kappa shape index (κ2) is 11.9. The Balaban J connectivity index is 2.39. The smallest absolute Gasteiger partial charge is 0.158 e. The summed E-state index contributed by atoms with van der Waals surface area (Å²) in [7, 11) is 0. The lowest BCUT2D eigenvalue weighted by molar-refractivity contribution is 0.135. The standard InChI is InChI=1S/C16H21Br2ClFNO3/c1-11(2)21-24-7-4-3-6-23-16-13(17)9-12(10-14(16)19)22-8-5-15(18)20/h9-10,15H,3-8H2,1-2H3. The highest BCUT2D eigenvalue weighted by Gasteiger charge is 2.11. The first-order valence-electron chi connectivity index (χ1n) is 7.56. The quantitative estimate of drug-likeness (QED) is 0.162. The molecule has 0 aliphatic heterocycles. The van der Waals surface area contributed by atoms with E-state index in [9.17, 15) is 4.39 Å². The number of hydrogen-bond donors (Lipinski definition) is 0. The minimum Gasteiger partial charge on any atom is -0.493 e. The van der Waals surface area contributed by atoms with E-state index >= 15 is 0 Å². The number of oxime groups is 1. The molecule has 0 fully saturated rings. The lowest BCUT2D eigenvalue weighted by atomic mass is 10.3. The van der Waals surface area contributed by atoms with Crippen LogP contribution in [0.15, 0.2) is 21.8 Å². The fourth-order valence-corrected chi connectivity index (χ4v) is 2.76. The first-order valence-corrected chi connectivity index (χ1v) is 9.64. The highest BCUT2D eigenvalue weighted by atomic mass is 79.9. The average Bonchev–Trinajstić information content (AvgIpc) is 2.47. The van der Waals surface area contributed by atoms with Crippen molar-refractivity contribution in [2.45, 2.75) is 38.2 Å². The second-order valence-corrected chi connectivity index (χ2v) is 7.43. The molecular formula is C16H21Br2ClFNO3. The molecule has 1 rings (SSSR count). The van der Waals surface area contributed by atoms with Crippen LogP contribution < -0.4 is 9.47 Å². The number of nitrogens with zero attached hydrogens (tertiary/aromatic N) is 1. The van der Waals surface area contributed by atoms with Crippen molar-refractivity contribution in [2.75, 3.05) is 19.8 Å². The van der Waals surface area contributed by atoms with Crippen molar-refractivity contribution in [3.05, 3.63) is 21.6 Å². The summed E-state index contributed by atoms with van der Waals surface area (Å²) in [6, 6.07) is 3.41. The molecule has 0 aliphatic carbocycles. The highest BCUT2D eigenvalue weighted by Crippen LogP contribution is 2.37. The molecule has 0 bridgehead atoms. The Morgan fingerprint density at radius 1 is 1.21 bits per heavy atom. The van der Waals surface area contributed by atoms with Gasteiger partial charge in [0.2, 0.25) is 0 Å². The molecule has 0 saturated heterocycles. The summed E-state index contributed by atoms with van der Waals surface area (Å²) in [5.41, 5.74) is 0.891. The molecule has 136 valence electrons. The molecule has 0 aromatic heterocycles. The topological polar surface area (TPSA) is 40.0 Å². The molecule has 0 aliphatic rings. The molecule has 0 radical (unpaired) electrons. The lowest BCUT2D eigenvalue weighted by Crippen LogP contribution is -2.03. The number of ether oxygens (including phenoxy) is 2. The van der Waals surface area contributed by atoms with Crippen LogP contribution in [0.5, 0.6) is 11.5 Å². The van der Waals surface area contributed by atoms with E-state index in [1.165, 1.54) is 0 Å². The van der Waals surface area contributed by atoms with Gasteiger partial charge in [0.1, 0.15) is 12.4 Å². The minimum absolute atomic E-state index is 0.259. The van der Waals surface area contributed by atoms with Crippen LogP contribution in [-0.4, -0.2) is 30.6 Å². The maximum Gasteiger partial charge on any atom is 0.158 e. The molecule has 24 heavy (non-hydrogen) atoms. The molecule has 0 heterocycles. The third kappa shape index (κ3) is 9.08. The lowest BCUT2D eigenvalue weighted by Gasteiger charge is -2.13. The summed E-state index contributed by atoms with van der Waals surface area (Å²) in [5, 5.41) is 3.23. The molecule has 1 aromatic rings. The SMILES string of the molecule is CC(C)=NOCCCCOc1c(Cl)cc(OCCC(F)Br)cc1Br. The molecular weight excluding hydrogens is 468 g/mol. The van der Waals surface area contributed by atoms with Crippen molar-refractivity contribution in [3.8, 4) is 11.5 Å². The van der Waals surface area contributed by atoms with E-state index in [4.69, 9.17) is 25.9 Å². The van der Waals surface area contributed by atoms with Gasteiger partial charge in [-0.3, -0.25) is 0 Å². The molecule has 1 atom stereocenters. The van der Waals surface area contributed by atoms with E-state index < -0.39 is 5.08 Å². The monoisotopic (exact) mass is 487 g/mol. The predicted octanol–water partition coefficient (Wildman–Crippen LogP) is 6.13. The van der Waals surface area contributed by atoms with E-state index in [1.807, 2.05) is 13.8 Å². The molecule has 0 saturated carbocycles. The summed E-state index contributed by atoms with van der Waals surface area (Å²) < 4.78 is 24.5. The summed E-state index contributed by atoms with van der Waals surface area (Å²) >= 11 is 12.5. The van der Waals surface area contributed by atoms with E-state index in [-0.39, 0.29) is 13.0 Å². The number of unbranched alkanes of at least 4 members (excludes halogenated alkanes) is 1. The van der Waals surface area contributed by atoms with E-state index in [2.05, 4.69) is 37.0 Å². The van der Waals surface area contributed by atoms with Crippen LogP contribution in [0.25, 0.3) is 0 Å². The summed E-state index contributed by atoms with van der Waals surface area (Å²) in [5.74, 6) is 1.13. The number of alkyl halides is 2. The van der Waals surface area contributed by atoms with Crippen molar-refractivity contribution in [1.29, 1.82) is 0 Å². The number of halogens is 4. The Morgan fingerprint density at radius 2 is 1.92 bits per heavy atom. The minimum atomic E-state index is -1.07. The Morgan fingerprint density at radius 3 is 2.54 bits per heavy atom. The highest BCUT2D eigenvalue weighted by molar-refractivity contribution is 9.10. The molecule has 8 heteroatoms. The Hall–Kier alpha value is -0.530. The zero-order valence-electron chi connectivity index (χ0n) is 13.7. The molecule has 0 amide bonds. The van der Waals surface area contributed by atoms with Gasteiger partial charge in [0.05, 0.1) is 28.4 Å². The third-order valence-electron chi connectivity index (χ3n) is 2.70. The van der Waals surface area contributed by atoms with Gasteiger partial charge in [0, 0.05) is 12.5 Å². The maximum absolute atomic E-state index is 12.7. The molecule has 1 unspecified atom stereocenters. The van der Waals surface area contributed by atoms with Crippen molar-refractivity contribution in [1.82, 2.24) is 0 Å². The van der Waals surface area contributed by atoms with Crippen LogP contribution in [0.4, 0.5) is 4.39 Å². The fourth-order valence-electron chi connectivity index (χ4n) is 1.64. The van der Waals surface area contributed by atoms with E-state index in [0.717, 1.165) is 18.6 Å². The van der Waals surface area contributed by atoms with Gasteiger partial charge < -0.3 is 14.3 Å². The number of rotatable bonds is 11. The van der Waals surface area contributed by atoms with Crippen LogP contribution in [0.3, 0.4) is 0 Å². The van der Waals surface area contributed by atoms with E-state index in [1.54, 1.807) is 12.1 Å². The summed E-state index contributed by atoms with van der Waals surface area (Å²) in [4.78, 5) is 5.12. The summed E-state index contributed by atoms with van der Waals surface area (Å²) in [6.45, 7) is 5.09. The van der Waals surface area contributed by atoms with Crippen molar-refractivity contribution >= 4 is 49.2 Å². The van der Waals surface area contributed by atoms with Gasteiger partial charge in [-0.2, -0.15) is 0 Å². The van der Waals surface area contributed by atoms with Gasteiger partial charge >= 0.3 is 0 Å². The first-order chi connectivity index (χ1) is 11.4. The van der Waals surface area contributed by atoms with Crippen LogP contribution >= 0.6 is 43.5 Å². The maximum atomic E-state index is 12.7. The normalized spacial score (nSPS) is 11.8. The first kappa shape index (κ1) is 21.5. The summed E-state index contributed by atoms with van der Waals surface area (Å²) in [6.07, 6.45) is 1.92. The van der Waals surface area contributed by atoms with Crippen LogP contribution in [0, 0.1) is 0 Å². The average molecular weight is 490 g/mol. The van der Waals surface area contributed by atoms with Crippen molar-refractivity contribution in [2.24, 2.45) is 5.16 Å². The number of benzene rings is 1. The Labute approximate surface area is 163 Å². The van der Waals surface area contributed by atoms with Crippen LogP contribution in [0.2, 0.25) is 5.02 Å². The van der Waals surface area contributed by atoms with Gasteiger partial charge in [-0.05, 0) is 48.7 Å². The van der Waals surface area contributed by atoms with Crippen LogP contribution in [0.1, 0.15) is 33.1 Å².